The topological polar surface area (TPSA) is 38.7 Å². The molecule has 2 heterocycles. The Balaban J connectivity index is 2.06. The van der Waals surface area contributed by atoms with Gasteiger partial charge >= 0.3 is 0 Å². The summed E-state index contributed by atoms with van der Waals surface area (Å²) in [5, 5.41) is 3.50. The highest BCUT2D eigenvalue weighted by molar-refractivity contribution is 7.09. The molecule has 0 amide bonds. The Labute approximate surface area is 103 Å². The molecule has 0 aromatic carbocycles. The quantitative estimate of drug-likeness (QED) is 0.768. The summed E-state index contributed by atoms with van der Waals surface area (Å²) in [4.78, 5) is 13.1. The maximum absolute atomic E-state index is 6.00. The molecular formula is C11H10ClN3S. The first-order valence-electron chi connectivity index (χ1n) is 5.19. The zero-order chi connectivity index (χ0) is 11.1. The Morgan fingerprint density at radius 1 is 1.31 bits per heavy atom. The molecule has 0 unspecified atom stereocenters. The number of aromatic nitrogens is 3. The molecule has 0 spiro atoms. The van der Waals surface area contributed by atoms with Crippen molar-refractivity contribution in [3.63, 3.8) is 0 Å². The lowest BCUT2D eigenvalue weighted by Gasteiger charge is -2.01. The van der Waals surface area contributed by atoms with Gasteiger partial charge in [0.15, 0.2) is 5.82 Å². The molecule has 0 atom stereocenters. The van der Waals surface area contributed by atoms with Gasteiger partial charge in [-0.2, -0.15) is 0 Å². The van der Waals surface area contributed by atoms with E-state index in [0.29, 0.717) is 16.9 Å². The summed E-state index contributed by atoms with van der Waals surface area (Å²) in [7, 11) is 0. The third-order valence-corrected chi connectivity index (χ3v) is 3.53. The van der Waals surface area contributed by atoms with Gasteiger partial charge < -0.3 is 0 Å². The van der Waals surface area contributed by atoms with Gasteiger partial charge in [0, 0.05) is 17.0 Å². The van der Waals surface area contributed by atoms with Crippen molar-refractivity contribution < 1.29 is 0 Å². The average molecular weight is 252 g/mol. The van der Waals surface area contributed by atoms with E-state index in [1.807, 2.05) is 18.4 Å². The summed E-state index contributed by atoms with van der Waals surface area (Å²) in [5.41, 5.74) is 1.88. The zero-order valence-corrected chi connectivity index (χ0v) is 10.3. The number of hydrogen-bond donors (Lipinski definition) is 0. The van der Waals surface area contributed by atoms with Crippen LogP contribution in [-0.2, 0) is 0 Å². The maximum Gasteiger partial charge on any atom is 0.180 e. The number of halogens is 1. The van der Waals surface area contributed by atoms with Crippen molar-refractivity contribution in [1.29, 1.82) is 0 Å². The van der Waals surface area contributed by atoms with Gasteiger partial charge in [0.2, 0.25) is 0 Å². The van der Waals surface area contributed by atoms with E-state index in [9.17, 15) is 0 Å². The number of aryl methyl sites for hydroxylation is 1. The van der Waals surface area contributed by atoms with Gasteiger partial charge in [-0.3, -0.25) is 0 Å². The molecule has 3 nitrogen and oxygen atoms in total. The Morgan fingerprint density at radius 3 is 2.75 bits per heavy atom. The lowest BCUT2D eigenvalue weighted by molar-refractivity contribution is 0.988. The summed E-state index contributed by atoms with van der Waals surface area (Å²) in [6.45, 7) is 1.97. The van der Waals surface area contributed by atoms with Crippen molar-refractivity contribution in [2.45, 2.75) is 25.7 Å². The molecule has 1 saturated carbocycles. The number of thiazole rings is 1. The molecule has 0 aliphatic heterocycles. The minimum absolute atomic E-state index is 0.512. The SMILES string of the molecule is Cc1nc(-c2nc(Cl)cc(C3CC3)n2)cs1. The van der Waals surface area contributed by atoms with Gasteiger partial charge in [-0.05, 0) is 25.8 Å². The first-order valence-corrected chi connectivity index (χ1v) is 6.45. The van der Waals surface area contributed by atoms with Crippen LogP contribution in [0.4, 0.5) is 0 Å². The molecule has 1 aliphatic rings. The van der Waals surface area contributed by atoms with Crippen LogP contribution < -0.4 is 0 Å². The second-order valence-electron chi connectivity index (χ2n) is 3.97. The Hall–Kier alpha value is -1.00. The summed E-state index contributed by atoms with van der Waals surface area (Å²) < 4.78 is 0. The van der Waals surface area contributed by atoms with Crippen molar-refractivity contribution in [3.05, 3.63) is 27.3 Å². The highest BCUT2D eigenvalue weighted by Crippen LogP contribution is 2.40. The van der Waals surface area contributed by atoms with Gasteiger partial charge in [0.05, 0.1) is 5.01 Å². The fraction of sp³-hybridized carbons (Fsp3) is 0.364. The first kappa shape index (κ1) is 10.2. The molecule has 0 radical (unpaired) electrons. The van der Waals surface area contributed by atoms with Crippen LogP contribution in [0, 0.1) is 6.92 Å². The normalized spacial score (nSPS) is 15.4. The molecule has 0 N–H and O–H groups in total. The van der Waals surface area contributed by atoms with Gasteiger partial charge in [-0.15, -0.1) is 11.3 Å². The van der Waals surface area contributed by atoms with Crippen molar-refractivity contribution in [3.8, 4) is 11.5 Å². The van der Waals surface area contributed by atoms with E-state index in [1.54, 1.807) is 11.3 Å². The number of nitrogens with zero attached hydrogens (tertiary/aromatic N) is 3. The van der Waals surface area contributed by atoms with Crippen LogP contribution in [0.15, 0.2) is 11.4 Å². The van der Waals surface area contributed by atoms with E-state index in [4.69, 9.17) is 11.6 Å². The Bertz CT molecular complexity index is 534. The van der Waals surface area contributed by atoms with Crippen molar-refractivity contribution in [1.82, 2.24) is 15.0 Å². The molecule has 1 aliphatic carbocycles. The lowest BCUT2D eigenvalue weighted by Crippen LogP contribution is -1.95. The van der Waals surface area contributed by atoms with Crippen LogP contribution >= 0.6 is 22.9 Å². The van der Waals surface area contributed by atoms with Crippen molar-refractivity contribution in [2.24, 2.45) is 0 Å². The highest BCUT2D eigenvalue weighted by atomic mass is 35.5. The maximum atomic E-state index is 6.00. The minimum atomic E-state index is 0.512. The van der Waals surface area contributed by atoms with Crippen LogP contribution in [0.25, 0.3) is 11.5 Å². The summed E-state index contributed by atoms with van der Waals surface area (Å²) in [5.74, 6) is 1.23. The van der Waals surface area contributed by atoms with Gasteiger partial charge in [-0.1, -0.05) is 11.6 Å². The molecule has 2 aromatic rings. The van der Waals surface area contributed by atoms with Gasteiger partial charge in [-0.25, -0.2) is 15.0 Å². The third-order valence-electron chi connectivity index (χ3n) is 2.56. The van der Waals surface area contributed by atoms with E-state index in [1.165, 1.54) is 12.8 Å². The molecular weight excluding hydrogens is 242 g/mol. The van der Waals surface area contributed by atoms with E-state index < -0.39 is 0 Å². The van der Waals surface area contributed by atoms with Crippen molar-refractivity contribution in [2.75, 3.05) is 0 Å². The second kappa shape index (κ2) is 3.79. The molecule has 1 fully saturated rings. The predicted molar refractivity (Wildman–Crippen MR) is 64.9 cm³/mol. The van der Waals surface area contributed by atoms with E-state index in [2.05, 4.69) is 15.0 Å². The van der Waals surface area contributed by atoms with Gasteiger partial charge in [0.25, 0.3) is 0 Å². The van der Waals surface area contributed by atoms with Gasteiger partial charge in [0.1, 0.15) is 10.8 Å². The smallest absolute Gasteiger partial charge is 0.180 e. The molecule has 2 aromatic heterocycles. The third kappa shape index (κ3) is 1.95. The van der Waals surface area contributed by atoms with Crippen LogP contribution in [0.3, 0.4) is 0 Å². The summed E-state index contributed by atoms with van der Waals surface area (Å²) >= 11 is 7.60. The Kier molecular flexibility index (Phi) is 2.41. The standard InChI is InChI=1S/C11H10ClN3S/c1-6-13-9(5-16-6)11-14-8(7-2-3-7)4-10(12)15-11/h4-5,7H,2-3H2,1H3. The average Bonchev–Trinajstić information content (AvgIpc) is 3.01. The molecule has 5 heteroatoms. The fourth-order valence-corrected chi connectivity index (χ4v) is 2.39. The Morgan fingerprint density at radius 2 is 2.12 bits per heavy atom. The summed E-state index contributed by atoms with van der Waals surface area (Å²) in [6.07, 6.45) is 2.42. The van der Waals surface area contributed by atoms with E-state index in [-0.39, 0.29) is 0 Å². The summed E-state index contributed by atoms with van der Waals surface area (Å²) in [6, 6.07) is 1.86. The highest BCUT2D eigenvalue weighted by Gasteiger charge is 2.26. The molecule has 3 rings (SSSR count). The predicted octanol–water partition coefficient (Wildman–Crippen LogP) is 3.44. The van der Waals surface area contributed by atoms with E-state index in [0.717, 1.165) is 16.4 Å². The molecule has 0 bridgehead atoms. The lowest BCUT2D eigenvalue weighted by atomic mass is 10.3. The zero-order valence-electron chi connectivity index (χ0n) is 8.77. The van der Waals surface area contributed by atoms with Crippen LogP contribution in [-0.4, -0.2) is 15.0 Å². The van der Waals surface area contributed by atoms with Crippen LogP contribution in [0.2, 0.25) is 5.15 Å². The molecule has 16 heavy (non-hydrogen) atoms. The number of hydrogen-bond acceptors (Lipinski definition) is 4. The van der Waals surface area contributed by atoms with E-state index >= 15 is 0 Å². The van der Waals surface area contributed by atoms with Crippen LogP contribution in [0.1, 0.15) is 29.5 Å². The minimum Gasteiger partial charge on any atom is -0.238 e. The monoisotopic (exact) mass is 251 g/mol. The largest absolute Gasteiger partial charge is 0.238 e. The number of rotatable bonds is 2. The molecule has 82 valence electrons. The molecule has 0 saturated heterocycles. The van der Waals surface area contributed by atoms with Crippen molar-refractivity contribution >= 4 is 22.9 Å². The van der Waals surface area contributed by atoms with Crippen LogP contribution in [0.5, 0.6) is 0 Å². The first-order chi connectivity index (χ1) is 7.72. The second-order valence-corrected chi connectivity index (χ2v) is 5.41. The fourth-order valence-electron chi connectivity index (χ4n) is 1.60.